The van der Waals surface area contributed by atoms with E-state index in [0.29, 0.717) is 11.7 Å². The molecule has 0 unspecified atom stereocenters. The molecule has 0 spiro atoms. The molecule has 0 fully saturated rings. The van der Waals surface area contributed by atoms with Crippen molar-refractivity contribution < 1.29 is 17.9 Å². The van der Waals surface area contributed by atoms with Crippen LogP contribution in [0.2, 0.25) is 0 Å². The number of alkyl halides is 3. The summed E-state index contributed by atoms with van der Waals surface area (Å²) in [7, 11) is 0. The van der Waals surface area contributed by atoms with Gasteiger partial charge >= 0.3 is 6.36 Å². The monoisotopic (exact) mass is 367 g/mol. The van der Waals surface area contributed by atoms with Gasteiger partial charge in [0.15, 0.2) is 0 Å². The third-order valence-electron chi connectivity index (χ3n) is 2.19. The molecule has 0 aliphatic heterocycles. The minimum absolute atomic E-state index is 0.238. The van der Waals surface area contributed by atoms with Crippen LogP contribution in [0.3, 0.4) is 0 Å². The Hall–Kier alpha value is -1.35. The van der Waals surface area contributed by atoms with Gasteiger partial charge in [-0.3, -0.25) is 0 Å². The third kappa shape index (κ3) is 4.34. The summed E-state index contributed by atoms with van der Waals surface area (Å²) in [6.45, 7) is 2.27. The lowest BCUT2D eigenvalue weighted by Crippen LogP contribution is -2.17. The van der Waals surface area contributed by atoms with E-state index >= 15 is 0 Å². The highest BCUT2D eigenvalue weighted by molar-refractivity contribution is 9.10. The number of hydrogen-bond donors (Lipinski definition) is 1. The topological polar surface area (TPSA) is 47.0 Å². The molecule has 1 aromatic heterocycles. The summed E-state index contributed by atoms with van der Waals surface area (Å²) in [5, 5.41) is 12.3. The van der Waals surface area contributed by atoms with Gasteiger partial charge in [-0.15, -0.1) is 23.4 Å². The first kappa shape index (κ1) is 15.0. The number of nitrogens with zero attached hydrogens (tertiary/aromatic N) is 2. The number of hydrogen-bond acceptors (Lipinski definition) is 5. The van der Waals surface area contributed by atoms with Crippen molar-refractivity contribution in [2.45, 2.75) is 19.8 Å². The molecule has 0 atom stereocenters. The van der Waals surface area contributed by atoms with E-state index in [1.54, 1.807) is 12.1 Å². The average Bonchev–Trinajstić information content (AvgIpc) is 2.74. The predicted molar refractivity (Wildman–Crippen MR) is 72.8 cm³/mol. The Morgan fingerprint density at radius 3 is 2.65 bits per heavy atom. The molecule has 0 aliphatic carbocycles. The van der Waals surface area contributed by atoms with Crippen molar-refractivity contribution in [2.24, 2.45) is 0 Å². The molecule has 0 saturated heterocycles. The Kier molecular flexibility index (Phi) is 4.48. The molecule has 0 saturated carbocycles. The molecule has 2 aromatic rings. The molecule has 1 N–H and O–H groups in total. The number of anilines is 1. The largest absolute Gasteiger partial charge is 0.573 e. The lowest BCUT2D eigenvalue weighted by atomic mass is 10.2. The van der Waals surface area contributed by atoms with Crippen LogP contribution in [0.15, 0.2) is 22.7 Å². The smallest absolute Gasteiger partial charge is 0.405 e. The lowest BCUT2D eigenvalue weighted by Gasteiger charge is -2.11. The number of ether oxygens (including phenoxy) is 1. The quantitative estimate of drug-likeness (QED) is 0.882. The first-order chi connectivity index (χ1) is 9.33. The molecule has 0 radical (unpaired) electrons. The molecule has 2 rings (SSSR count). The minimum Gasteiger partial charge on any atom is -0.405 e. The highest BCUT2D eigenvalue weighted by Crippen LogP contribution is 2.31. The summed E-state index contributed by atoms with van der Waals surface area (Å²) in [5.74, 6) is -0.270. The van der Waals surface area contributed by atoms with Gasteiger partial charge in [0.1, 0.15) is 10.8 Å². The van der Waals surface area contributed by atoms with E-state index in [9.17, 15) is 13.2 Å². The average molecular weight is 368 g/mol. The maximum absolute atomic E-state index is 12.1. The molecular formula is C11H9BrF3N3OS. The van der Waals surface area contributed by atoms with Crippen LogP contribution in [0, 0.1) is 6.92 Å². The van der Waals surface area contributed by atoms with Gasteiger partial charge < -0.3 is 10.1 Å². The van der Waals surface area contributed by atoms with Gasteiger partial charge in [0, 0.05) is 6.54 Å². The molecule has 1 aromatic carbocycles. The summed E-state index contributed by atoms with van der Waals surface area (Å²) >= 11 is 4.46. The Balaban J connectivity index is 2.01. The van der Waals surface area contributed by atoms with Crippen LogP contribution in [0.4, 0.5) is 18.3 Å². The molecule has 108 valence electrons. The molecule has 0 bridgehead atoms. The van der Waals surface area contributed by atoms with Crippen molar-refractivity contribution in [1.82, 2.24) is 10.2 Å². The van der Waals surface area contributed by atoms with Crippen LogP contribution in [0.25, 0.3) is 0 Å². The summed E-state index contributed by atoms with van der Waals surface area (Å²) in [6, 6.07) is 4.37. The Morgan fingerprint density at radius 1 is 1.35 bits per heavy atom. The number of rotatable bonds is 4. The highest BCUT2D eigenvalue weighted by Gasteiger charge is 2.31. The fourth-order valence-electron chi connectivity index (χ4n) is 1.41. The second-order valence-electron chi connectivity index (χ2n) is 3.79. The van der Waals surface area contributed by atoms with E-state index in [-0.39, 0.29) is 10.2 Å². The zero-order chi connectivity index (χ0) is 14.8. The number of aryl methyl sites for hydroxylation is 1. The second kappa shape index (κ2) is 5.96. The summed E-state index contributed by atoms with van der Waals surface area (Å²) in [4.78, 5) is 0. The SMILES string of the molecule is Cc1nnc(NCc2ccc(OC(F)(F)F)c(Br)c2)s1. The first-order valence-electron chi connectivity index (χ1n) is 5.41. The molecule has 1 heterocycles. The van der Waals surface area contributed by atoms with E-state index in [4.69, 9.17) is 0 Å². The Labute approximate surface area is 125 Å². The van der Waals surface area contributed by atoms with Crippen molar-refractivity contribution in [3.63, 3.8) is 0 Å². The summed E-state index contributed by atoms with van der Waals surface area (Å²) in [6.07, 6.45) is -4.70. The molecule has 0 amide bonds. The van der Waals surface area contributed by atoms with E-state index in [2.05, 4.69) is 36.2 Å². The maximum Gasteiger partial charge on any atom is 0.573 e. The summed E-state index contributed by atoms with van der Waals surface area (Å²) in [5.41, 5.74) is 0.791. The highest BCUT2D eigenvalue weighted by atomic mass is 79.9. The van der Waals surface area contributed by atoms with Crippen LogP contribution in [0.5, 0.6) is 5.75 Å². The molecule has 20 heavy (non-hydrogen) atoms. The number of nitrogens with one attached hydrogen (secondary N) is 1. The van der Waals surface area contributed by atoms with Gasteiger partial charge in [0.2, 0.25) is 5.13 Å². The number of benzene rings is 1. The normalized spacial score (nSPS) is 11.4. The zero-order valence-electron chi connectivity index (χ0n) is 10.2. The Morgan fingerprint density at radius 2 is 2.10 bits per heavy atom. The van der Waals surface area contributed by atoms with Crippen molar-refractivity contribution in [3.05, 3.63) is 33.2 Å². The van der Waals surface area contributed by atoms with Crippen molar-refractivity contribution >= 4 is 32.4 Å². The van der Waals surface area contributed by atoms with Gasteiger partial charge in [-0.25, -0.2) is 0 Å². The fraction of sp³-hybridized carbons (Fsp3) is 0.273. The van der Waals surface area contributed by atoms with E-state index in [1.165, 1.54) is 17.4 Å². The maximum atomic E-state index is 12.1. The number of aromatic nitrogens is 2. The van der Waals surface area contributed by atoms with Crippen molar-refractivity contribution in [2.75, 3.05) is 5.32 Å². The Bertz CT molecular complexity index is 603. The fourth-order valence-corrected chi connectivity index (χ4v) is 2.50. The van der Waals surface area contributed by atoms with Gasteiger partial charge in [-0.1, -0.05) is 17.4 Å². The zero-order valence-corrected chi connectivity index (χ0v) is 12.6. The molecule has 9 heteroatoms. The van der Waals surface area contributed by atoms with E-state index in [1.807, 2.05) is 6.92 Å². The van der Waals surface area contributed by atoms with Crippen LogP contribution in [-0.4, -0.2) is 16.6 Å². The van der Waals surface area contributed by atoms with Crippen LogP contribution >= 0.6 is 27.3 Å². The van der Waals surface area contributed by atoms with Crippen molar-refractivity contribution in [1.29, 1.82) is 0 Å². The van der Waals surface area contributed by atoms with Crippen molar-refractivity contribution in [3.8, 4) is 5.75 Å². The molecule has 4 nitrogen and oxygen atoms in total. The van der Waals surface area contributed by atoms with Gasteiger partial charge in [-0.05, 0) is 40.5 Å². The van der Waals surface area contributed by atoms with Gasteiger partial charge in [0.25, 0.3) is 0 Å². The van der Waals surface area contributed by atoms with Crippen LogP contribution in [0.1, 0.15) is 10.6 Å². The molecular weight excluding hydrogens is 359 g/mol. The second-order valence-corrected chi connectivity index (χ2v) is 5.83. The number of halogens is 4. The minimum atomic E-state index is -4.70. The third-order valence-corrected chi connectivity index (χ3v) is 3.61. The summed E-state index contributed by atoms with van der Waals surface area (Å²) < 4.78 is 40.5. The lowest BCUT2D eigenvalue weighted by molar-refractivity contribution is -0.274. The molecule has 0 aliphatic rings. The van der Waals surface area contributed by atoms with Crippen LogP contribution < -0.4 is 10.1 Å². The van der Waals surface area contributed by atoms with Crippen LogP contribution in [-0.2, 0) is 6.54 Å². The standard InChI is InChI=1S/C11H9BrF3N3OS/c1-6-17-18-10(20-6)16-5-7-2-3-9(8(12)4-7)19-11(13,14)15/h2-4H,5H2,1H3,(H,16,18). The van der Waals surface area contributed by atoms with E-state index < -0.39 is 6.36 Å². The van der Waals surface area contributed by atoms with Gasteiger partial charge in [-0.2, -0.15) is 0 Å². The predicted octanol–water partition coefficient (Wildman–Crippen LogP) is 4.12. The van der Waals surface area contributed by atoms with E-state index in [0.717, 1.165) is 10.6 Å². The first-order valence-corrected chi connectivity index (χ1v) is 7.02. The van der Waals surface area contributed by atoms with Gasteiger partial charge in [0.05, 0.1) is 4.47 Å².